The predicted molar refractivity (Wildman–Crippen MR) is 179 cm³/mol. The van der Waals surface area contributed by atoms with Crippen molar-refractivity contribution in [1.82, 2.24) is 19.8 Å². The molecule has 10 nitrogen and oxygen atoms in total. The lowest BCUT2D eigenvalue weighted by atomic mass is 9.89. The van der Waals surface area contributed by atoms with Crippen LogP contribution in [0.15, 0.2) is 30.5 Å². The maximum atomic E-state index is 13.7. The number of aryl methyl sites for hydroxylation is 1. The van der Waals surface area contributed by atoms with Crippen LogP contribution in [0.3, 0.4) is 0 Å². The number of pyridine rings is 1. The molecule has 2 aromatic heterocycles. The number of amides is 3. The van der Waals surface area contributed by atoms with Crippen LogP contribution in [0.1, 0.15) is 95.8 Å². The van der Waals surface area contributed by atoms with Crippen molar-refractivity contribution < 1.29 is 19.1 Å². The Morgan fingerprint density at radius 2 is 1.87 bits per heavy atom. The molecular formula is C34H46N6O4S. The van der Waals surface area contributed by atoms with Gasteiger partial charge in [0.05, 0.1) is 33.2 Å². The van der Waals surface area contributed by atoms with Crippen LogP contribution in [0.25, 0.3) is 10.2 Å². The number of likely N-dealkylation sites (N-methyl/N-ethyl adjacent to an activating group) is 1. The van der Waals surface area contributed by atoms with Gasteiger partial charge in [0.2, 0.25) is 0 Å². The minimum absolute atomic E-state index is 0.154. The quantitative estimate of drug-likeness (QED) is 0.299. The van der Waals surface area contributed by atoms with Gasteiger partial charge < -0.3 is 19.9 Å². The number of carbonyl (C=O) groups excluding carboxylic acids is 3. The fraction of sp³-hybridized carbons (Fsp3) is 0.559. The van der Waals surface area contributed by atoms with E-state index in [9.17, 15) is 14.4 Å². The molecule has 1 aromatic carbocycles. The molecule has 3 atom stereocenters. The van der Waals surface area contributed by atoms with E-state index in [1.165, 1.54) is 6.20 Å². The molecule has 0 radical (unpaired) electrons. The number of aromatic nitrogens is 2. The van der Waals surface area contributed by atoms with Crippen LogP contribution in [-0.2, 0) is 20.7 Å². The fourth-order valence-electron chi connectivity index (χ4n) is 6.31. The molecule has 4 heterocycles. The molecule has 0 bridgehead atoms. The van der Waals surface area contributed by atoms with E-state index in [1.807, 2.05) is 6.92 Å². The lowest BCUT2D eigenvalue weighted by Crippen LogP contribution is -2.46. The number of nitrogens with one attached hydrogen (secondary N) is 2. The van der Waals surface area contributed by atoms with Gasteiger partial charge in [-0.2, -0.15) is 0 Å². The van der Waals surface area contributed by atoms with E-state index < -0.39 is 23.5 Å². The van der Waals surface area contributed by atoms with Gasteiger partial charge in [0.1, 0.15) is 11.4 Å². The van der Waals surface area contributed by atoms with E-state index in [2.05, 4.69) is 66.5 Å². The highest BCUT2D eigenvalue weighted by Crippen LogP contribution is 2.41. The van der Waals surface area contributed by atoms with Crippen LogP contribution in [-0.4, -0.2) is 69.0 Å². The maximum Gasteiger partial charge on any atom is 0.413 e. The third-order valence-corrected chi connectivity index (χ3v) is 10.1. The number of anilines is 2. The molecule has 2 fully saturated rings. The van der Waals surface area contributed by atoms with E-state index >= 15 is 0 Å². The Bertz CT molecular complexity index is 1590. The van der Waals surface area contributed by atoms with Crippen LogP contribution in [0.2, 0.25) is 0 Å². The second-order valence-electron chi connectivity index (χ2n) is 14.2. The van der Waals surface area contributed by atoms with Crippen molar-refractivity contribution >= 4 is 51.0 Å². The van der Waals surface area contributed by atoms with E-state index in [1.54, 1.807) is 43.1 Å². The van der Waals surface area contributed by atoms with Crippen LogP contribution in [0.4, 0.5) is 16.3 Å². The molecule has 0 saturated carbocycles. The fourth-order valence-corrected chi connectivity index (χ4v) is 7.35. The third-order valence-electron chi connectivity index (χ3n) is 8.93. The van der Waals surface area contributed by atoms with E-state index in [0.717, 1.165) is 46.6 Å². The number of nitrogens with zero attached hydrogens (tertiary/aromatic N) is 4. The molecular weight excluding hydrogens is 588 g/mol. The lowest BCUT2D eigenvalue weighted by molar-refractivity contribution is -0.146. The molecule has 0 aliphatic carbocycles. The van der Waals surface area contributed by atoms with Gasteiger partial charge in [-0.05, 0) is 103 Å². The molecule has 2 aliphatic heterocycles. The molecule has 0 unspecified atom stereocenters. The van der Waals surface area contributed by atoms with Gasteiger partial charge in [0.15, 0.2) is 0 Å². The maximum absolute atomic E-state index is 13.7. The Kier molecular flexibility index (Phi) is 9.24. The summed E-state index contributed by atoms with van der Waals surface area (Å²) < 4.78 is 6.48. The first-order chi connectivity index (χ1) is 21.1. The van der Waals surface area contributed by atoms with Crippen LogP contribution < -0.4 is 10.6 Å². The number of ether oxygens (including phenoxy) is 1. The van der Waals surface area contributed by atoms with Crippen molar-refractivity contribution in [1.29, 1.82) is 0 Å². The minimum Gasteiger partial charge on any atom is -0.444 e. The van der Waals surface area contributed by atoms with Crippen molar-refractivity contribution in [2.75, 3.05) is 30.8 Å². The molecule has 242 valence electrons. The Morgan fingerprint density at radius 3 is 2.53 bits per heavy atom. The first kappa shape index (κ1) is 32.8. The van der Waals surface area contributed by atoms with Gasteiger partial charge in [-0.25, -0.2) is 14.8 Å². The molecule has 5 rings (SSSR count). The molecule has 2 N–H and O–H groups in total. The monoisotopic (exact) mass is 634 g/mol. The molecule has 3 amide bonds. The van der Waals surface area contributed by atoms with Crippen LogP contribution >= 0.6 is 11.3 Å². The average molecular weight is 635 g/mol. The number of rotatable bonds is 5. The Balaban J connectivity index is 1.31. The van der Waals surface area contributed by atoms with Gasteiger partial charge in [-0.3, -0.25) is 14.9 Å². The highest BCUT2D eigenvalue weighted by Gasteiger charge is 2.38. The average Bonchev–Trinajstić information content (AvgIpc) is 3.51. The summed E-state index contributed by atoms with van der Waals surface area (Å²) in [5, 5.41) is 6.58. The molecule has 2 saturated heterocycles. The summed E-state index contributed by atoms with van der Waals surface area (Å²) in [6.07, 6.45) is 4.20. The summed E-state index contributed by atoms with van der Waals surface area (Å²) in [5.74, 6) is -0.244. The van der Waals surface area contributed by atoms with Gasteiger partial charge in [0.25, 0.3) is 0 Å². The Morgan fingerprint density at radius 1 is 1.11 bits per heavy atom. The predicted octanol–water partition coefficient (Wildman–Crippen LogP) is 6.74. The topological polar surface area (TPSA) is 117 Å². The summed E-state index contributed by atoms with van der Waals surface area (Å²) in [7, 11) is 2.18. The van der Waals surface area contributed by atoms with Crippen molar-refractivity contribution in [3.8, 4) is 0 Å². The van der Waals surface area contributed by atoms with E-state index in [4.69, 9.17) is 9.72 Å². The third kappa shape index (κ3) is 7.47. The second kappa shape index (κ2) is 12.7. The zero-order valence-corrected chi connectivity index (χ0v) is 28.5. The summed E-state index contributed by atoms with van der Waals surface area (Å²) in [6.45, 7) is 15.4. The van der Waals surface area contributed by atoms with Crippen molar-refractivity contribution in [3.63, 3.8) is 0 Å². The lowest BCUT2D eigenvalue weighted by Gasteiger charge is -2.38. The molecule has 2 aliphatic rings. The summed E-state index contributed by atoms with van der Waals surface area (Å²) in [6, 6.07) is 7.81. The first-order valence-electron chi connectivity index (χ1n) is 15.9. The largest absolute Gasteiger partial charge is 0.444 e. The van der Waals surface area contributed by atoms with Gasteiger partial charge >= 0.3 is 17.9 Å². The van der Waals surface area contributed by atoms with Gasteiger partial charge in [0, 0.05) is 24.5 Å². The number of fused-ring (bicyclic) bond motifs is 1. The van der Waals surface area contributed by atoms with Crippen molar-refractivity contribution in [2.45, 2.75) is 97.2 Å². The zero-order chi connectivity index (χ0) is 32.7. The smallest absolute Gasteiger partial charge is 0.413 e. The zero-order valence-electron chi connectivity index (χ0n) is 27.7. The Hall–Kier alpha value is -3.57. The molecule has 3 aromatic rings. The number of benzene rings is 1. The minimum atomic E-state index is -0.712. The van der Waals surface area contributed by atoms with Gasteiger partial charge in [-0.1, -0.05) is 19.9 Å². The first-order valence-corrected chi connectivity index (χ1v) is 16.7. The summed E-state index contributed by atoms with van der Waals surface area (Å²) in [4.78, 5) is 52.8. The normalized spacial score (nSPS) is 22.0. The summed E-state index contributed by atoms with van der Waals surface area (Å²) >= 11 is 1.76. The van der Waals surface area contributed by atoms with Crippen molar-refractivity contribution in [2.24, 2.45) is 5.92 Å². The molecule has 11 heteroatoms. The molecule has 45 heavy (non-hydrogen) atoms. The second-order valence-corrected chi connectivity index (χ2v) is 15.3. The highest BCUT2D eigenvalue weighted by atomic mass is 32.1. The van der Waals surface area contributed by atoms with E-state index in [-0.39, 0.29) is 17.5 Å². The van der Waals surface area contributed by atoms with Crippen LogP contribution in [0, 0.1) is 5.92 Å². The van der Waals surface area contributed by atoms with Crippen molar-refractivity contribution in [3.05, 3.63) is 46.6 Å². The number of hydrogen-bond acceptors (Lipinski definition) is 8. The molecule has 0 spiro atoms. The SMILES string of the molecule is CCc1cc(NC(=O)C(=O)N2C[C@@H](C)CC[C@@H]2c2ccc3sc([C@@H]4CN(C)C(C)(C)C4)nc3c2)cnc1NC(=O)OC(C)(C)C. The van der Waals surface area contributed by atoms with E-state index in [0.29, 0.717) is 36.0 Å². The summed E-state index contributed by atoms with van der Waals surface area (Å²) in [5.41, 5.74) is 2.56. The number of thiazole rings is 1. The highest BCUT2D eigenvalue weighted by molar-refractivity contribution is 7.18. The number of likely N-dealkylation sites (tertiary alicyclic amines) is 2. The number of carbonyl (C=O) groups is 3. The van der Waals surface area contributed by atoms with Gasteiger partial charge in [-0.15, -0.1) is 11.3 Å². The number of piperidine rings is 1. The van der Waals surface area contributed by atoms with Crippen LogP contribution in [0.5, 0.6) is 0 Å². The standard InChI is InChI=1S/C34H46N6O4S/c1-9-21-14-24(17-35-28(21)38-32(43)44-33(3,4)5)36-29(41)31(42)40-18-20(2)10-12-26(40)22-11-13-27-25(15-22)37-30(45-27)23-16-34(6,7)39(8)19-23/h11,13-15,17,20,23,26H,9-10,12,16,18-19H2,1-8H3,(H,36,41)(H,35,38,43)/t20-,23-,26+/m0/s1. The number of hydrogen-bond donors (Lipinski definition) is 2. The Labute approximate surface area is 269 Å².